The van der Waals surface area contributed by atoms with Gasteiger partial charge in [-0.25, -0.2) is 0 Å². The van der Waals surface area contributed by atoms with E-state index in [0.717, 1.165) is 11.1 Å². The smallest absolute Gasteiger partial charge is 0.344 e. The predicted molar refractivity (Wildman–Crippen MR) is 168 cm³/mol. The van der Waals surface area contributed by atoms with Crippen LogP contribution in [0.2, 0.25) is 0 Å². The number of ether oxygens (including phenoxy) is 1. The van der Waals surface area contributed by atoms with Gasteiger partial charge in [-0.15, -0.1) is 0 Å². The van der Waals surface area contributed by atoms with E-state index in [9.17, 15) is 14.2 Å². The van der Waals surface area contributed by atoms with Gasteiger partial charge in [0.25, 0.3) is 0 Å². The van der Waals surface area contributed by atoms with Crippen LogP contribution in [0.15, 0.2) is 53.6 Å². The highest BCUT2D eigenvalue weighted by Crippen LogP contribution is 2.51. The minimum Gasteiger partial charge on any atom is -0.508 e. The van der Waals surface area contributed by atoms with Gasteiger partial charge in [0, 0.05) is 42.0 Å². The van der Waals surface area contributed by atoms with Crippen LogP contribution in [0.25, 0.3) is 0 Å². The Labute approximate surface area is 249 Å². The van der Waals surface area contributed by atoms with E-state index in [0.29, 0.717) is 25.1 Å². The summed E-state index contributed by atoms with van der Waals surface area (Å²) in [4.78, 5) is 1.69. The van der Waals surface area contributed by atoms with Crippen LogP contribution in [0, 0.1) is 0 Å². The maximum absolute atomic E-state index is 12.8. The van der Waals surface area contributed by atoms with Gasteiger partial charge in [-0.3, -0.25) is 18.8 Å². The molecular weight excluding hydrogens is 607 g/mol. The van der Waals surface area contributed by atoms with E-state index >= 15 is 0 Å². The lowest BCUT2D eigenvalue weighted by molar-refractivity contribution is 0.171. The molecule has 2 atom stereocenters. The monoisotopic (exact) mass is 649 g/mol. The van der Waals surface area contributed by atoms with Crippen molar-refractivity contribution in [1.82, 2.24) is 9.68 Å². The second kappa shape index (κ2) is 16.3. The first-order chi connectivity index (χ1) is 19.3. The quantitative estimate of drug-likeness (QED) is 0.113. The van der Waals surface area contributed by atoms with Crippen LogP contribution in [0.3, 0.4) is 0 Å². The van der Waals surface area contributed by atoms with Gasteiger partial charge in [-0.05, 0) is 67.3 Å². The van der Waals surface area contributed by atoms with Crippen molar-refractivity contribution in [3.05, 3.63) is 59.7 Å². The molecule has 0 fully saturated rings. The molecule has 230 valence electrons. The van der Waals surface area contributed by atoms with Gasteiger partial charge >= 0.3 is 15.2 Å². The highest BCUT2D eigenvalue weighted by molar-refractivity contribution is 8.04. The third-order valence-electron chi connectivity index (χ3n) is 6.54. The first-order valence-electron chi connectivity index (χ1n) is 12.9. The topological polar surface area (TPSA) is 119 Å². The van der Waals surface area contributed by atoms with E-state index in [2.05, 4.69) is 5.10 Å². The molecule has 0 bridgehead atoms. The molecular formula is C26H42N3O8P3S. The summed E-state index contributed by atoms with van der Waals surface area (Å²) in [5.74, 6) is 0.884. The minimum atomic E-state index is -3.40. The average Bonchev–Trinajstić information content (AvgIpc) is 2.99. The SMILES string of the molecule is CCC(C)(Oc1ccc(CCN(CP(=O)(OC)OC)CP(=O)(OC)OC)cc1)[PH](=S)N(C)/N=C/c1ccc(O)cc1. The molecule has 0 radical (unpaired) electrons. The van der Waals surface area contributed by atoms with Crippen molar-refractivity contribution in [3.8, 4) is 11.5 Å². The minimum absolute atomic E-state index is 0.0703. The number of hydrogen-bond acceptors (Lipinski definition) is 11. The van der Waals surface area contributed by atoms with Crippen molar-refractivity contribution in [3.63, 3.8) is 0 Å². The van der Waals surface area contributed by atoms with E-state index in [4.69, 9.17) is 34.6 Å². The summed E-state index contributed by atoms with van der Waals surface area (Å²) in [5.41, 5.74) is 1.85. The van der Waals surface area contributed by atoms with Gasteiger partial charge in [0.2, 0.25) is 0 Å². The standard InChI is InChI=1S/C26H42N3O8P3S/c1-8-26(2,38(41)28(3)27-19-23-9-13-24(30)14-10-23)37-25-15-11-22(12-16-25)17-18-29(20-39(31,33-4)34-5)21-40(32,35-6)36-7/h9-16,19,30,38H,8,17-18,20-21H2,1-7H3/b27-19+. The average molecular weight is 650 g/mol. The highest BCUT2D eigenvalue weighted by atomic mass is 32.4. The van der Waals surface area contributed by atoms with E-state index in [-0.39, 0.29) is 18.3 Å². The van der Waals surface area contributed by atoms with E-state index in [1.54, 1.807) is 40.2 Å². The van der Waals surface area contributed by atoms with Crippen LogP contribution in [0.5, 0.6) is 11.5 Å². The van der Waals surface area contributed by atoms with Crippen molar-refractivity contribution in [1.29, 1.82) is 0 Å². The molecule has 0 aliphatic rings. The normalized spacial score (nSPS) is 14.7. The summed E-state index contributed by atoms with van der Waals surface area (Å²) in [5, 5.41) is 13.4. The van der Waals surface area contributed by atoms with Gasteiger partial charge in [0.05, 0.1) is 13.1 Å². The Kier molecular flexibility index (Phi) is 14.2. The van der Waals surface area contributed by atoms with Crippen LogP contribution in [0.1, 0.15) is 31.4 Å². The summed E-state index contributed by atoms with van der Waals surface area (Å²) in [6.45, 7) is 2.78. The van der Waals surface area contributed by atoms with Crippen molar-refractivity contribution >= 4 is 40.1 Å². The number of rotatable bonds is 18. The van der Waals surface area contributed by atoms with Crippen LogP contribution in [0.4, 0.5) is 0 Å². The number of benzene rings is 2. The van der Waals surface area contributed by atoms with E-state index in [1.165, 1.54) is 28.4 Å². The van der Waals surface area contributed by atoms with Crippen LogP contribution in [-0.4, -0.2) is 80.9 Å². The summed E-state index contributed by atoms with van der Waals surface area (Å²) in [6.07, 6.45) is 2.83. The number of phenolic OH excluding ortho intramolecular Hbond substituents is 1. The van der Waals surface area contributed by atoms with Crippen molar-refractivity contribution < 1.29 is 37.1 Å². The maximum atomic E-state index is 12.8. The molecule has 2 rings (SSSR count). The Morgan fingerprint density at radius 3 is 1.93 bits per heavy atom. The zero-order valence-electron chi connectivity index (χ0n) is 24.7. The van der Waals surface area contributed by atoms with Crippen molar-refractivity contribution in [2.24, 2.45) is 5.10 Å². The largest absolute Gasteiger partial charge is 0.508 e. The number of hydrazone groups is 1. The lowest BCUT2D eigenvalue weighted by Gasteiger charge is -2.34. The molecule has 2 aromatic carbocycles. The van der Waals surface area contributed by atoms with Crippen molar-refractivity contribution in [2.75, 3.05) is 54.6 Å². The molecule has 41 heavy (non-hydrogen) atoms. The summed E-state index contributed by atoms with van der Waals surface area (Å²) in [6, 6.07) is 14.5. The Bertz CT molecular complexity index is 1210. The summed E-state index contributed by atoms with van der Waals surface area (Å²) in [7, 11) is 0.298. The zero-order valence-corrected chi connectivity index (χ0v) is 28.3. The van der Waals surface area contributed by atoms with Crippen LogP contribution in [-0.2, 0) is 45.5 Å². The van der Waals surface area contributed by atoms with Crippen LogP contribution >= 0.6 is 22.0 Å². The molecule has 0 aliphatic carbocycles. The van der Waals surface area contributed by atoms with Gasteiger partial charge in [-0.1, -0.05) is 30.9 Å². The first kappa shape index (κ1) is 35.6. The second-order valence-electron chi connectivity index (χ2n) is 9.37. The molecule has 1 N–H and O–H groups in total. The third kappa shape index (κ3) is 10.9. The molecule has 0 saturated heterocycles. The number of aromatic hydroxyl groups is 1. The second-order valence-corrected chi connectivity index (χ2v) is 17.3. The molecule has 0 amide bonds. The van der Waals surface area contributed by atoms with Gasteiger partial charge in [0.15, 0.2) is 0 Å². The van der Waals surface area contributed by atoms with E-state index in [1.807, 2.05) is 45.2 Å². The molecule has 0 aromatic heterocycles. The zero-order chi connectivity index (χ0) is 30.7. The number of phenols is 1. The Hall–Kier alpha value is -1.58. The lowest BCUT2D eigenvalue weighted by Crippen LogP contribution is -2.30. The lowest BCUT2D eigenvalue weighted by atomic mass is 10.1. The number of nitrogens with zero attached hydrogens (tertiary/aromatic N) is 3. The fourth-order valence-electron chi connectivity index (χ4n) is 3.70. The molecule has 0 aliphatic heterocycles. The molecule has 11 nitrogen and oxygen atoms in total. The van der Waals surface area contributed by atoms with E-state index < -0.39 is 27.4 Å². The molecule has 0 heterocycles. The van der Waals surface area contributed by atoms with Gasteiger partial charge in [0.1, 0.15) is 29.4 Å². The van der Waals surface area contributed by atoms with Gasteiger partial charge < -0.3 is 27.9 Å². The maximum Gasteiger partial charge on any atom is 0.344 e. The molecule has 2 aromatic rings. The van der Waals surface area contributed by atoms with Crippen molar-refractivity contribution in [2.45, 2.75) is 32.0 Å². The Morgan fingerprint density at radius 1 is 0.951 bits per heavy atom. The fraction of sp³-hybridized carbons (Fsp3) is 0.500. The predicted octanol–water partition coefficient (Wildman–Crippen LogP) is 6.19. The highest BCUT2D eigenvalue weighted by Gasteiger charge is 2.32. The summed E-state index contributed by atoms with van der Waals surface area (Å²) < 4.78 is 54.1. The number of hydrogen-bond donors (Lipinski definition) is 1. The summed E-state index contributed by atoms with van der Waals surface area (Å²) >= 11 is 5.91. The molecule has 0 spiro atoms. The van der Waals surface area contributed by atoms with Gasteiger partial charge in [-0.2, -0.15) is 5.10 Å². The Morgan fingerprint density at radius 2 is 1.46 bits per heavy atom. The third-order valence-corrected chi connectivity index (χ3v) is 14.4. The molecule has 2 unspecified atom stereocenters. The van der Waals surface area contributed by atoms with Crippen LogP contribution < -0.4 is 4.74 Å². The molecule has 15 heteroatoms. The fourth-order valence-corrected chi connectivity index (χ4v) is 8.14. The first-order valence-corrected chi connectivity index (χ1v) is 18.9. The Balaban J connectivity index is 2.09. The molecule has 0 saturated carbocycles.